The highest BCUT2D eigenvalue weighted by Crippen LogP contribution is 2.45. The molecule has 1 saturated carbocycles. The van der Waals surface area contributed by atoms with Crippen LogP contribution in [-0.2, 0) is 26.6 Å². The fourth-order valence-corrected chi connectivity index (χ4v) is 4.97. The topological polar surface area (TPSA) is 61.5 Å². The van der Waals surface area contributed by atoms with E-state index in [-0.39, 0.29) is 36.6 Å². The molecule has 204 valence electrons. The molecule has 0 radical (unpaired) electrons. The molecule has 0 aliphatic heterocycles. The lowest BCUT2D eigenvalue weighted by Crippen LogP contribution is -2.43. The molecular formula is C26H28F7NO3. The summed E-state index contributed by atoms with van der Waals surface area (Å²) in [7, 11) is 0. The molecule has 1 aliphatic carbocycles. The van der Waals surface area contributed by atoms with Gasteiger partial charge in [0.25, 0.3) is 0 Å². The minimum absolute atomic E-state index is 0.0716. The van der Waals surface area contributed by atoms with E-state index in [0.29, 0.717) is 30.5 Å². The molecule has 0 bridgehead atoms. The van der Waals surface area contributed by atoms with Crippen molar-refractivity contribution in [1.82, 2.24) is 0 Å². The molecule has 0 spiro atoms. The van der Waals surface area contributed by atoms with Crippen LogP contribution in [0.3, 0.4) is 0 Å². The van der Waals surface area contributed by atoms with Crippen LogP contribution in [0.15, 0.2) is 42.5 Å². The van der Waals surface area contributed by atoms with Crippen molar-refractivity contribution in [1.29, 1.82) is 0 Å². The van der Waals surface area contributed by atoms with Gasteiger partial charge in [0.2, 0.25) is 0 Å². The molecule has 4 nitrogen and oxygen atoms in total. The van der Waals surface area contributed by atoms with Crippen LogP contribution >= 0.6 is 0 Å². The van der Waals surface area contributed by atoms with Crippen LogP contribution in [0.25, 0.3) is 0 Å². The second-order valence-corrected chi connectivity index (χ2v) is 9.27. The number of alkyl halides is 6. The van der Waals surface area contributed by atoms with E-state index >= 15 is 0 Å². The van der Waals surface area contributed by atoms with Gasteiger partial charge in [-0.3, -0.25) is 4.79 Å². The highest BCUT2D eigenvalue weighted by molar-refractivity contribution is 5.65. The first-order valence-electron chi connectivity index (χ1n) is 11.7. The molecule has 11 heteroatoms. The average Bonchev–Trinajstić information content (AvgIpc) is 2.82. The van der Waals surface area contributed by atoms with Crippen LogP contribution in [0.2, 0.25) is 0 Å². The molecule has 2 aromatic carbocycles. The minimum Gasteiger partial charge on any atom is -0.466 e. The molecule has 0 saturated heterocycles. The number of carbonyl (C=O) groups is 1. The second-order valence-electron chi connectivity index (χ2n) is 9.27. The molecule has 0 amide bonds. The van der Waals surface area contributed by atoms with Gasteiger partial charge >= 0.3 is 18.3 Å². The van der Waals surface area contributed by atoms with Crippen molar-refractivity contribution in [2.45, 2.75) is 57.2 Å². The first-order chi connectivity index (χ1) is 17.2. The van der Waals surface area contributed by atoms with Crippen molar-refractivity contribution in [2.75, 3.05) is 13.2 Å². The van der Waals surface area contributed by atoms with Crippen LogP contribution < -0.4 is 5.73 Å². The molecule has 1 fully saturated rings. The molecule has 1 aliphatic rings. The van der Waals surface area contributed by atoms with Gasteiger partial charge in [-0.2, -0.15) is 26.3 Å². The summed E-state index contributed by atoms with van der Waals surface area (Å²) in [6.45, 7) is 2.90. The molecule has 2 aromatic rings. The summed E-state index contributed by atoms with van der Waals surface area (Å²) in [5.74, 6) is -1.87. The Labute approximate surface area is 209 Å². The van der Waals surface area contributed by atoms with Crippen molar-refractivity contribution in [3.8, 4) is 0 Å². The number of esters is 1. The largest absolute Gasteiger partial charge is 0.466 e. The molecular weight excluding hydrogens is 507 g/mol. The molecule has 0 aromatic heterocycles. The normalized spacial score (nSPS) is 23.5. The van der Waals surface area contributed by atoms with Gasteiger partial charge in [-0.1, -0.05) is 12.1 Å². The third kappa shape index (κ3) is 7.22. The Morgan fingerprint density at radius 2 is 1.57 bits per heavy atom. The lowest BCUT2D eigenvalue weighted by atomic mass is 9.68. The predicted octanol–water partition coefficient (Wildman–Crippen LogP) is 6.64. The second kappa shape index (κ2) is 11.4. The SMILES string of the molecule is CC(=O)OC[C@H]1CC[C@H](O[C@H](C)c2cc(C(F)(F)F)cc(C(F)(F)F)c2)[C@@H](c2ccc(F)cc2)[C@@H]1CN. The number of rotatable bonds is 7. The van der Waals surface area contributed by atoms with Crippen molar-refractivity contribution in [2.24, 2.45) is 17.6 Å². The quantitative estimate of drug-likeness (QED) is 0.319. The molecule has 3 rings (SSSR count). The van der Waals surface area contributed by atoms with E-state index in [9.17, 15) is 35.5 Å². The molecule has 0 heterocycles. The molecule has 2 N–H and O–H groups in total. The average molecular weight is 536 g/mol. The smallest absolute Gasteiger partial charge is 0.416 e. The Hall–Kier alpha value is -2.66. The molecule has 37 heavy (non-hydrogen) atoms. The molecule has 0 unspecified atom stereocenters. The van der Waals surface area contributed by atoms with Crippen LogP contribution in [0.1, 0.15) is 61.0 Å². The number of carbonyl (C=O) groups excluding carboxylic acids is 1. The van der Waals surface area contributed by atoms with E-state index in [1.165, 1.54) is 26.0 Å². The number of nitrogens with two attached hydrogens (primary N) is 1. The fourth-order valence-electron chi connectivity index (χ4n) is 4.97. The third-order valence-electron chi connectivity index (χ3n) is 6.78. The predicted molar refractivity (Wildman–Crippen MR) is 121 cm³/mol. The van der Waals surface area contributed by atoms with Gasteiger partial charge < -0.3 is 15.2 Å². The Bertz CT molecular complexity index is 1040. The van der Waals surface area contributed by atoms with Gasteiger partial charge in [0, 0.05) is 12.8 Å². The number of ether oxygens (including phenoxy) is 2. The van der Waals surface area contributed by atoms with E-state index in [2.05, 4.69) is 0 Å². The molecule has 5 atom stereocenters. The van der Waals surface area contributed by atoms with Crippen molar-refractivity contribution in [3.05, 3.63) is 70.5 Å². The lowest BCUT2D eigenvalue weighted by Gasteiger charge is -2.43. The van der Waals surface area contributed by atoms with Crippen LogP contribution in [0, 0.1) is 17.7 Å². The number of hydrogen-bond donors (Lipinski definition) is 1. The lowest BCUT2D eigenvalue weighted by molar-refractivity contribution is -0.144. The summed E-state index contributed by atoms with van der Waals surface area (Å²) < 4.78 is 105. The number of hydrogen-bond acceptors (Lipinski definition) is 4. The van der Waals surface area contributed by atoms with E-state index in [4.69, 9.17) is 15.2 Å². The monoisotopic (exact) mass is 535 g/mol. The van der Waals surface area contributed by atoms with Gasteiger partial charge in [-0.05, 0) is 79.6 Å². The maximum atomic E-state index is 13.6. The summed E-state index contributed by atoms with van der Waals surface area (Å²) in [6, 6.07) is 6.97. The minimum atomic E-state index is -4.98. The number of benzene rings is 2. The summed E-state index contributed by atoms with van der Waals surface area (Å²) in [5, 5.41) is 0. The van der Waals surface area contributed by atoms with E-state index in [1.807, 2.05) is 0 Å². The summed E-state index contributed by atoms with van der Waals surface area (Å²) >= 11 is 0. The van der Waals surface area contributed by atoms with Crippen molar-refractivity contribution >= 4 is 5.97 Å². The standard InChI is InChI=1S/C26H28F7NO3/c1-14(18-9-19(25(28,29)30)11-20(10-18)26(31,32)33)37-23-8-5-17(13-36-15(2)35)22(12-34)24(23)16-3-6-21(27)7-4-16/h3-4,6-7,9-11,14,17,22-24H,5,8,12-13,34H2,1-2H3/t14-,17-,22-,23+,24+/m1/s1. The fraction of sp³-hybridized carbons (Fsp3) is 0.500. The number of halogens is 7. The van der Waals surface area contributed by atoms with Crippen LogP contribution in [-0.4, -0.2) is 25.2 Å². The van der Waals surface area contributed by atoms with Gasteiger partial charge in [-0.25, -0.2) is 4.39 Å². The Morgan fingerprint density at radius 1 is 1.00 bits per heavy atom. The maximum absolute atomic E-state index is 13.6. The Morgan fingerprint density at radius 3 is 2.05 bits per heavy atom. The Balaban J connectivity index is 1.96. The van der Waals surface area contributed by atoms with Crippen molar-refractivity contribution < 1.29 is 45.0 Å². The van der Waals surface area contributed by atoms with Gasteiger partial charge in [-0.15, -0.1) is 0 Å². The summed E-state index contributed by atoms with van der Waals surface area (Å²) in [4.78, 5) is 11.4. The Kier molecular flexibility index (Phi) is 8.89. The van der Waals surface area contributed by atoms with Crippen LogP contribution in [0.5, 0.6) is 0 Å². The van der Waals surface area contributed by atoms with E-state index < -0.39 is 53.4 Å². The highest BCUT2D eigenvalue weighted by Gasteiger charge is 2.42. The third-order valence-corrected chi connectivity index (χ3v) is 6.78. The highest BCUT2D eigenvalue weighted by atomic mass is 19.4. The summed E-state index contributed by atoms with van der Waals surface area (Å²) in [6.07, 6.45) is -10.9. The van der Waals surface area contributed by atoms with E-state index in [0.717, 1.165) is 0 Å². The zero-order valence-electron chi connectivity index (χ0n) is 20.2. The van der Waals surface area contributed by atoms with Gasteiger partial charge in [0.1, 0.15) is 5.82 Å². The summed E-state index contributed by atoms with van der Waals surface area (Å²) in [5.41, 5.74) is 3.61. The van der Waals surface area contributed by atoms with Crippen LogP contribution in [0.4, 0.5) is 30.7 Å². The first-order valence-corrected chi connectivity index (χ1v) is 11.7. The van der Waals surface area contributed by atoms with Crippen molar-refractivity contribution in [3.63, 3.8) is 0 Å². The van der Waals surface area contributed by atoms with Gasteiger partial charge in [0.05, 0.1) is 29.9 Å². The maximum Gasteiger partial charge on any atom is 0.416 e. The first kappa shape index (κ1) is 28.9. The zero-order chi connectivity index (χ0) is 27.5. The van der Waals surface area contributed by atoms with Gasteiger partial charge in [0.15, 0.2) is 0 Å². The van der Waals surface area contributed by atoms with E-state index in [1.54, 1.807) is 12.1 Å². The zero-order valence-corrected chi connectivity index (χ0v) is 20.2.